The number of hydrogen-bond acceptors (Lipinski definition) is 4. The number of benzene rings is 1. The number of rotatable bonds is 7. The molecule has 142 valence electrons. The van der Waals surface area contributed by atoms with E-state index in [0.29, 0.717) is 36.5 Å². The Balaban J connectivity index is 2.45. The van der Waals surface area contributed by atoms with E-state index >= 15 is 0 Å². The van der Waals surface area contributed by atoms with Crippen LogP contribution in [-0.2, 0) is 6.18 Å². The molecule has 1 aromatic heterocycles. The van der Waals surface area contributed by atoms with Crippen molar-refractivity contribution in [3.8, 4) is 17.6 Å². The molecule has 1 heterocycles. The smallest absolute Gasteiger partial charge is 0.417 e. The van der Waals surface area contributed by atoms with Crippen LogP contribution < -0.4 is 9.47 Å². The van der Waals surface area contributed by atoms with Crippen LogP contribution in [0.15, 0.2) is 36.5 Å². The van der Waals surface area contributed by atoms with E-state index < -0.39 is 11.7 Å². The van der Waals surface area contributed by atoms with E-state index in [4.69, 9.17) is 9.47 Å². The lowest BCUT2D eigenvalue weighted by Gasteiger charge is -2.14. The Labute approximate surface area is 155 Å². The second kappa shape index (κ2) is 9.08. The summed E-state index contributed by atoms with van der Waals surface area (Å²) in [4.78, 5) is 3.78. The highest BCUT2D eigenvalue weighted by molar-refractivity contribution is 5.89. The molecule has 0 unspecified atom stereocenters. The molecule has 0 spiro atoms. The van der Waals surface area contributed by atoms with Gasteiger partial charge in [0.15, 0.2) is 11.5 Å². The lowest BCUT2D eigenvalue weighted by molar-refractivity contribution is -0.137. The van der Waals surface area contributed by atoms with E-state index in [-0.39, 0.29) is 11.3 Å². The quantitative estimate of drug-likeness (QED) is 0.611. The minimum atomic E-state index is -4.48. The average molecular weight is 376 g/mol. The third-order valence-corrected chi connectivity index (χ3v) is 3.55. The molecule has 0 bridgehead atoms. The summed E-state index contributed by atoms with van der Waals surface area (Å²) in [5.74, 6) is 1.03. The molecule has 2 rings (SSSR count). The maximum absolute atomic E-state index is 12.7. The van der Waals surface area contributed by atoms with Crippen LogP contribution in [0.1, 0.15) is 37.1 Å². The van der Waals surface area contributed by atoms with Gasteiger partial charge in [0.25, 0.3) is 0 Å². The highest BCUT2D eigenvalue weighted by atomic mass is 19.4. The molecule has 4 nitrogen and oxygen atoms in total. The van der Waals surface area contributed by atoms with Crippen LogP contribution in [0.2, 0.25) is 0 Å². The summed E-state index contributed by atoms with van der Waals surface area (Å²) in [6.45, 7) is 4.72. The van der Waals surface area contributed by atoms with E-state index in [0.717, 1.165) is 12.5 Å². The van der Waals surface area contributed by atoms with Gasteiger partial charge < -0.3 is 9.47 Å². The molecule has 0 saturated heterocycles. The van der Waals surface area contributed by atoms with Crippen LogP contribution in [0, 0.1) is 11.3 Å². The monoisotopic (exact) mass is 376 g/mol. The third-order valence-electron chi connectivity index (χ3n) is 3.55. The molecule has 0 atom stereocenters. The van der Waals surface area contributed by atoms with Crippen LogP contribution in [0.25, 0.3) is 11.6 Å². The van der Waals surface area contributed by atoms with Crippen LogP contribution in [0.5, 0.6) is 11.5 Å². The number of aromatic nitrogens is 1. The number of pyridine rings is 1. The number of allylic oxidation sites excluding steroid dienone is 1. The standard InChI is InChI=1S/C20H19F3N2O2/c1-3-10-27-19-14(6-5-7-18(19)26-4-2)11-15(12-24)17-9-8-16(13-25-17)20(21,22)23/h5-9,11,13H,3-4,10H2,1-2H3/b15-11+. The van der Waals surface area contributed by atoms with Gasteiger partial charge in [-0.1, -0.05) is 19.1 Å². The maximum Gasteiger partial charge on any atom is 0.417 e. The molecule has 0 N–H and O–H groups in total. The molecule has 1 aromatic carbocycles. The van der Waals surface area contributed by atoms with Gasteiger partial charge in [0.05, 0.1) is 30.0 Å². The fourth-order valence-corrected chi connectivity index (χ4v) is 2.31. The highest BCUT2D eigenvalue weighted by Gasteiger charge is 2.30. The first kappa shape index (κ1) is 20.3. The van der Waals surface area contributed by atoms with Gasteiger partial charge in [-0.3, -0.25) is 4.98 Å². The molecule has 0 amide bonds. The van der Waals surface area contributed by atoms with Crippen LogP contribution in [0.4, 0.5) is 13.2 Å². The maximum atomic E-state index is 12.7. The Morgan fingerprint density at radius 1 is 1.19 bits per heavy atom. The van der Waals surface area contributed by atoms with E-state index in [1.807, 2.05) is 19.9 Å². The van der Waals surface area contributed by atoms with Crippen molar-refractivity contribution < 1.29 is 22.6 Å². The van der Waals surface area contributed by atoms with Crippen molar-refractivity contribution in [3.05, 3.63) is 53.3 Å². The molecule has 0 aliphatic heterocycles. The second-order valence-electron chi connectivity index (χ2n) is 5.56. The molecule has 0 aliphatic rings. The van der Waals surface area contributed by atoms with Gasteiger partial charge in [0.1, 0.15) is 6.07 Å². The van der Waals surface area contributed by atoms with Crippen molar-refractivity contribution in [2.24, 2.45) is 0 Å². The minimum Gasteiger partial charge on any atom is -0.490 e. The second-order valence-corrected chi connectivity index (χ2v) is 5.56. The first-order valence-corrected chi connectivity index (χ1v) is 8.44. The lowest BCUT2D eigenvalue weighted by Crippen LogP contribution is -2.05. The Bertz CT molecular complexity index is 838. The van der Waals surface area contributed by atoms with Gasteiger partial charge in [-0.25, -0.2) is 0 Å². The van der Waals surface area contributed by atoms with Crippen LogP contribution in [0.3, 0.4) is 0 Å². The molecule has 0 radical (unpaired) electrons. The van der Waals surface area contributed by atoms with Crippen molar-refractivity contribution in [2.45, 2.75) is 26.4 Å². The van der Waals surface area contributed by atoms with E-state index in [2.05, 4.69) is 4.98 Å². The molecular weight excluding hydrogens is 357 g/mol. The number of halogens is 3. The fraction of sp³-hybridized carbons (Fsp3) is 0.300. The van der Waals surface area contributed by atoms with Crippen molar-refractivity contribution >= 4 is 11.6 Å². The number of hydrogen-bond donors (Lipinski definition) is 0. The van der Waals surface area contributed by atoms with Crippen LogP contribution in [-0.4, -0.2) is 18.2 Å². The molecule has 27 heavy (non-hydrogen) atoms. The first-order valence-electron chi connectivity index (χ1n) is 8.44. The third kappa shape index (κ3) is 5.23. The zero-order valence-corrected chi connectivity index (χ0v) is 15.0. The predicted molar refractivity (Wildman–Crippen MR) is 96.1 cm³/mol. The summed E-state index contributed by atoms with van der Waals surface area (Å²) in [5.41, 5.74) is -0.00558. The Hall–Kier alpha value is -3.01. The molecular formula is C20H19F3N2O2. The number of nitrogens with zero attached hydrogens (tertiary/aromatic N) is 2. The highest BCUT2D eigenvalue weighted by Crippen LogP contribution is 2.34. The number of para-hydroxylation sites is 1. The number of nitriles is 1. The zero-order valence-electron chi connectivity index (χ0n) is 15.0. The van der Waals surface area contributed by atoms with Gasteiger partial charge >= 0.3 is 6.18 Å². The Morgan fingerprint density at radius 2 is 1.96 bits per heavy atom. The summed E-state index contributed by atoms with van der Waals surface area (Å²) in [7, 11) is 0. The fourth-order valence-electron chi connectivity index (χ4n) is 2.31. The van der Waals surface area contributed by atoms with Crippen molar-refractivity contribution in [1.82, 2.24) is 4.98 Å². The van der Waals surface area contributed by atoms with Gasteiger partial charge in [-0.15, -0.1) is 0 Å². The summed E-state index contributed by atoms with van der Waals surface area (Å²) >= 11 is 0. The van der Waals surface area contributed by atoms with Gasteiger partial charge in [0.2, 0.25) is 0 Å². The van der Waals surface area contributed by atoms with E-state index in [1.165, 1.54) is 12.1 Å². The zero-order chi connectivity index (χ0) is 19.9. The van der Waals surface area contributed by atoms with Gasteiger partial charge in [-0.2, -0.15) is 18.4 Å². The first-order chi connectivity index (χ1) is 12.9. The van der Waals surface area contributed by atoms with Gasteiger partial charge in [0, 0.05) is 11.8 Å². The Morgan fingerprint density at radius 3 is 2.52 bits per heavy atom. The molecule has 0 aliphatic carbocycles. The van der Waals surface area contributed by atoms with Crippen molar-refractivity contribution in [3.63, 3.8) is 0 Å². The minimum absolute atomic E-state index is 0.124. The normalized spacial score (nSPS) is 11.8. The average Bonchev–Trinajstić information content (AvgIpc) is 2.65. The van der Waals surface area contributed by atoms with Crippen molar-refractivity contribution in [2.75, 3.05) is 13.2 Å². The molecule has 0 fully saturated rings. The summed E-state index contributed by atoms with van der Waals surface area (Å²) in [6, 6.07) is 9.32. The largest absolute Gasteiger partial charge is 0.490 e. The molecule has 7 heteroatoms. The summed E-state index contributed by atoms with van der Waals surface area (Å²) < 4.78 is 49.4. The number of alkyl halides is 3. The van der Waals surface area contributed by atoms with Crippen LogP contribution >= 0.6 is 0 Å². The number of ether oxygens (including phenoxy) is 2. The SMILES string of the molecule is CCCOc1c(/C=C(\C#N)c2ccc(C(F)(F)F)cn2)cccc1OCC. The predicted octanol–water partition coefficient (Wildman–Crippen LogP) is 5.35. The molecule has 0 saturated carbocycles. The topological polar surface area (TPSA) is 55.1 Å². The van der Waals surface area contributed by atoms with Gasteiger partial charge in [-0.05, 0) is 37.6 Å². The van der Waals surface area contributed by atoms with Crippen molar-refractivity contribution in [1.29, 1.82) is 5.26 Å². The summed E-state index contributed by atoms with van der Waals surface area (Å²) in [6.07, 6.45) is -1.45. The molecule has 2 aromatic rings. The van der Waals surface area contributed by atoms with E-state index in [9.17, 15) is 18.4 Å². The lowest BCUT2D eigenvalue weighted by atomic mass is 10.1. The summed E-state index contributed by atoms with van der Waals surface area (Å²) in [5, 5.41) is 9.46. The Kier molecular flexibility index (Phi) is 6.83. The van der Waals surface area contributed by atoms with E-state index in [1.54, 1.807) is 18.2 Å².